The van der Waals surface area contributed by atoms with Gasteiger partial charge in [0.05, 0.1) is 23.4 Å². The number of nitrogens with one attached hydrogen (secondary N) is 7. The number of rotatable bonds is 11. The molecule has 38 heavy (non-hydrogen) atoms. The number of ether oxygens (including phenoxy) is 1. The molecule has 0 radical (unpaired) electrons. The average Bonchev–Trinajstić information content (AvgIpc) is 3.68. The molecule has 0 saturated carbocycles. The number of methoxy groups -OCH3 is 1. The second-order valence-corrected chi connectivity index (χ2v) is 9.99. The molecule has 0 aliphatic heterocycles. The second-order valence-electron chi connectivity index (χ2n) is 8.16. The van der Waals surface area contributed by atoms with Gasteiger partial charge in [0.2, 0.25) is 0 Å². The molecule has 0 bridgehead atoms. The molecule has 2 atom stereocenters. The summed E-state index contributed by atoms with van der Waals surface area (Å²) in [5, 5.41) is 5.62. The molecule has 4 rings (SSSR count). The van der Waals surface area contributed by atoms with Crippen molar-refractivity contribution in [1.29, 1.82) is 0 Å². The molecule has 0 aromatic carbocycles. The Labute approximate surface area is 232 Å². The van der Waals surface area contributed by atoms with E-state index in [0.717, 1.165) is 8.95 Å². The number of halogens is 2. The van der Waals surface area contributed by atoms with E-state index in [1.165, 1.54) is 13.3 Å². The molecular weight excluding hydrogens is 626 g/mol. The molecule has 15 heteroatoms. The summed E-state index contributed by atoms with van der Waals surface area (Å²) >= 11 is 6.61. The van der Waals surface area contributed by atoms with Gasteiger partial charge in [0.15, 0.2) is 5.95 Å². The lowest BCUT2D eigenvalue weighted by molar-refractivity contribution is 0.0753. The molecule has 0 saturated heterocycles. The molecule has 4 aromatic rings. The zero-order valence-electron chi connectivity index (χ0n) is 20.0. The standard InChI is InChI=1S/C23H25Br2N9O4/c1-38-17(10-30-21(36)15-6-12(25)8-29-15)18(16-9-31-23(37)33-16)19-13(32-22(26)34-19)3-2-4-27-20(35)14-5-11(24)7-28-14/h2-3,5-9,17-18,28-29H,4,10H2,1H3,(H,27,35)(H,30,36)(H3,26,32,34)(H2,31,33,37)/b3-2+. The minimum Gasteiger partial charge on any atom is -0.379 e. The highest BCUT2D eigenvalue weighted by Crippen LogP contribution is 2.30. The predicted molar refractivity (Wildman–Crippen MR) is 148 cm³/mol. The van der Waals surface area contributed by atoms with Gasteiger partial charge in [0.1, 0.15) is 11.4 Å². The van der Waals surface area contributed by atoms with Crippen molar-refractivity contribution in [2.75, 3.05) is 25.9 Å². The molecule has 4 aromatic heterocycles. The first-order chi connectivity index (χ1) is 18.2. The average molecular weight is 651 g/mol. The van der Waals surface area contributed by atoms with Gasteiger partial charge in [-0.1, -0.05) is 6.08 Å². The van der Waals surface area contributed by atoms with Crippen molar-refractivity contribution in [2.24, 2.45) is 0 Å². The topological polar surface area (TPSA) is 202 Å². The third kappa shape index (κ3) is 6.54. The van der Waals surface area contributed by atoms with Crippen molar-refractivity contribution < 1.29 is 14.3 Å². The van der Waals surface area contributed by atoms with Crippen molar-refractivity contribution in [3.8, 4) is 0 Å². The van der Waals surface area contributed by atoms with Crippen molar-refractivity contribution in [1.82, 2.24) is 40.5 Å². The van der Waals surface area contributed by atoms with Gasteiger partial charge in [0, 0.05) is 53.4 Å². The Hall–Kier alpha value is -3.82. The molecule has 200 valence electrons. The monoisotopic (exact) mass is 649 g/mol. The number of H-pyrrole nitrogens is 5. The SMILES string of the molecule is COC(CNC(=O)c1cc(Br)c[nH]1)C(c1c[nH]c(=O)[nH]1)c1[nH]c(N)nc1/C=C/CNC(=O)c1cc(Br)c[nH]1. The first kappa shape index (κ1) is 27.2. The maximum absolute atomic E-state index is 12.6. The van der Waals surface area contributed by atoms with E-state index >= 15 is 0 Å². The minimum atomic E-state index is -0.623. The number of hydrogen-bond acceptors (Lipinski definition) is 6. The Bertz CT molecular complexity index is 1500. The lowest BCUT2D eigenvalue weighted by Crippen LogP contribution is -2.38. The largest absolute Gasteiger partial charge is 0.379 e. The highest BCUT2D eigenvalue weighted by molar-refractivity contribution is 9.10. The van der Waals surface area contributed by atoms with E-state index in [4.69, 9.17) is 10.5 Å². The summed E-state index contributed by atoms with van der Waals surface area (Å²) in [6, 6.07) is 3.33. The van der Waals surface area contributed by atoms with Gasteiger partial charge < -0.3 is 46.0 Å². The number of imidazole rings is 2. The molecule has 9 N–H and O–H groups in total. The van der Waals surface area contributed by atoms with Gasteiger partial charge >= 0.3 is 5.69 Å². The zero-order valence-corrected chi connectivity index (χ0v) is 23.2. The van der Waals surface area contributed by atoms with Gasteiger partial charge in [-0.2, -0.15) is 0 Å². The summed E-state index contributed by atoms with van der Waals surface area (Å²) in [6.07, 6.45) is 7.65. The minimum absolute atomic E-state index is 0.105. The number of nitrogens with zero attached hydrogens (tertiary/aromatic N) is 1. The Morgan fingerprint density at radius 1 is 1.05 bits per heavy atom. The van der Waals surface area contributed by atoms with Crippen molar-refractivity contribution in [3.63, 3.8) is 0 Å². The summed E-state index contributed by atoms with van der Waals surface area (Å²) in [4.78, 5) is 55.3. The van der Waals surface area contributed by atoms with E-state index in [-0.39, 0.29) is 30.9 Å². The number of nitrogens with two attached hydrogens (primary N) is 1. The van der Waals surface area contributed by atoms with E-state index in [9.17, 15) is 14.4 Å². The highest BCUT2D eigenvalue weighted by atomic mass is 79.9. The first-order valence-electron chi connectivity index (χ1n) is 11.3. The quantitative estimate of drug-likeness (QED) is 0.122. The number of aromatic nitrogens is 6. The summed E-state index contributed by atoms with van der Waals surface area (Å²) in [5.41, 5.74) is 7.93. The molecule has 2 amide bonds. The molecule has 13 nitrogen and oxygen atoms in total. The van der Waals surface area contributed by atoms with Crippen LogP contribution in [0.2, 0.25) is 0 Å². The number of aromatic amines is 5. The summed E-state index contributed by atoms with van der Waals surface area (Å²) in [5.74, 6) is -1.04. The molecule has 0 aliphatic rings. The second kappa shape index (κ2) is 12.1. The van der Waals surface area contributed by atoms with Crippen LogP contribution in [0.3, 0.4) is 0 Å². The van der Waals surface area contributed by atoms with Gasteiger partial charge in [0.25, 0.3) is 11.8 Å². The van der Waals surface area contributed by atoms with Crippen LogP contribution in [-0.2, 0) is 4.74 Å². The van der Waals surface area contributed by atoms with Gasteiger partial charge in [-0.15, -0.1) is 0 Å². The van der Waals surface area contributed by atoms with Gasteiger partial charge in [-0.05, 0) is 50.1 Å². The number of anilines is 1. The van der Waals surface area contributed by atoms with E-state index in [1.54, 1.807) is 36.7 Å². The fraction of sp³-hybridized carbons (Fsp3) is 0.217. The third-order valence-electron chi connectivity index (χ3n) is 5.62. The van der Waals surface area contributed by atoms with E-state index in [2.05, 4.69) is 72.4 Å². The number of amides is 2. The number of carbonyl (C=O) groups excluding carboxylic acids is 2. The number of carbonyl (C=O) groups is 2. The maximum Gasteiger partial charge on any atom is 0.323 e. The Morgan fingerprint density at radius 2 is 1.71 bits per heavy atom. The van der Waals surface area contributed by atoms with Crippen LogP contribution >= 0.6 is 31.9 Å². The van der Waals surface area contributed by atoms with Crippen LogP contribution in [0, 0.1) is 0 Å². The molecular formula is C23H25Br2N9O4. The summed E-state index contributed by atoms with van der Waals surface area (Å²) < 4.78 is 7.26. The third-order valence-corrected chi connectivity index (χ3v) is 6.54. The summed E-state index contributed by atoms with van der Waals surface area (Å²) in [6.45, 7) is 0.330. The Morgan fingerprint density at radius 3 is 2.26 bits per heavy atom. The first-order valence-corrected chi connectivity index (χ1v) is 12.9. The molecule has 0 fully saturated rings. The molecule has 4 heterocycles. The van der Waals surface area contributed by atoms with Crippen molar-refractivity contribution >= 4 is 55.7 Å². The van der Waals surface area contributed by atoms with Crippen LogP contribution < -0.4 is 22.1 Å². The number of nitrogen functional groups attached to an aromatic ring is 1. The van der Waals surface area contributed by atoms with Gasteiger partial charge in [-0.3, -0.25) is 9.59 Å². The Balaban J connectivity index is 1.54. The van der Waals surface area contributed by atoms with Crippen molar-refractivity contribution in [3.05, 3.63) is 84.7 Å². The van der Waals surface area contributed by atoms with E-state index in [0.29, 0.717) is 28.5 Å². The molecule has 0 spiro atoms. The number of hydrogen-bond donors (Lipinski definition) is 8. The normalized spacial score (nSPS) is 13.0. The molecule has 2 unspecified atom stereocenters. The van der Waals surface area contributed by atoms with Crippen LogP contribution in [0.1, 0.15) is 44.0 Å². The van der Waals surface area contributed by atoms with Crippen LogP contribution in [0.25, 0.3) is 6.08 Å². The van der Waals surface area contributed by atoms with E-state index < -0.39 is 17.7 Å². The van der Waals surface area contributed by atoms with Crippen LogP contribution in [0.4, 0.5) is 5.95 Å². The van der Waals surface area contributed by atoms with Crippen molar-refractivity contribution in [2.45, 2.75) is 12.0 Å². The lowest BCUT2D eigenvalue weighted by atomic mass is 9.93. The lowest BCUT2D eigenvalue weighted by Gasteiger charge is -2.25. The van der Waals surface area contributed by atoms with Crippen LogP contribution in [-0.4, -0.2) is 68.0 Å². The zero-order chi connectivity index (χ0) is 27.2. The Kier molecular flexibility index (Phi) is 8.70. The molecule has 0 aliphatic carbocycles. The fourth-order valence-electron chi connectivity index (χ4n) is 3.88. The summed E-state index contributed by atoms with van der Waals surface area (Å²) in [7, 11) is 1.50. The van der Waals surface area contributed by atoms with Crippen LogP contribution in [0.5, 0.6) is 0 Å². The van der Waals surface area contributed by atoms with E-state index in [1.807, 2.05) is 0 Å². The fourth-order valence-corrected chi connectivity index (χ4v) is 4.57. The van der Waals surface area contributed by atoms with Gasteiger partial charge in [-0.25, -0.2) is 9.78 Å². The highest BCUT2D eigenvalue weighted by Gasteiger charge is 2.31. The smallest absolute Gasteiger partial charge is 0.323 e. The predicted octanol–water partition coefficient (Wildman–Crippen LogP) is 2.21. The van der Waals surface area contributed by atoms with Crippen LogP contribution in [0.15, 0.2) is 50.5 Å². The maximum atomic E-state index is 12.6.